The van der Waals surface area contributed by atoms with Crippen molar-refractivity contribution in [2.45, 2.75) is 62.2 Å². The van der Waals surface area contributed by atoms with Crippen LogP contribution in [0.25, 0.3) is 0 Å². The van der Waals surface area contributed by atoms with Crippen LogP contribution < -0.4 is 0 Å². The highest BCUT2D eigenvalue weighted by Crippen LogP contribution is 2.31. The normalized spacial score (nSPS) is 12.5. The third kappa shape index (κ3) is 7.32. The predicted molar refractivity (Wildman–Crippen MR) is 127 cm³/mol. The molecule has 0 aromatic heterocycles. The van der Waals surface area contributed by atoms with Crippen LogP contribution in [0.2, 0.25) is 0 Å². The van der Waals surface area contributed by atoms with Crippen LogP contribution in [0.1, 0.15) is 52.4 Å². The van der Waals surface area contributed by atoms with Gasteiger partial charge in [0.1, 0.15) is 0 Å². The van der Waals surface area contributed by atoms with Crippen molar-refractivity contribution in [3.63, 3.8) is 0 Å². The Morgan fingerprint density at radius 3 is 1.29 bits per heavy atom. The largest absolute Gasteiger partial charge is 0.253 e. The molecule has 2 aromatic rings. The van der Waals surface area contributed by atoms with Crippen molar-refractivity contribution in [3.8, 4) is 0 Å². The standard InChI is InChI=1S/C22H32N2O4S3/c1-3-5-13-19-23(30(25,26)21-15-9-7-10-16-21)29-24(20-14-6-4-2)31(27,28)22-17-11-8-12-18-22/h7-12,15-18H,3-6,13-14,19-20H2,1-2H3. The molecule has 31 heavy (non-hydrogen) atoms. The van der Waals surface area contributed by atoms with E-state index in [0.717, 1.165) is 37.8 Å². The Bertz CT molecular complexity index is 900. The summed E-state index contributed by atoms with van der Waals surface area (Å²) in [6.07, 6.45) is 4.91. The van der Waals surface area contributed by atoms with E-state index in [4.69, 9.17) is 0 Å². The van der Waals surface area contributed by atoms with Crippen LogP contribution in [0.5, 0.6) is 0 Å². The summed E-state index contributed by atoms with van der Waals surface area (Å²) in [6, 6.07) is 16.3. The first-order chi connectivity index (χ1) is 14.8. The summed E-state index contributed by atoms with van der Waals surface area (Å²) in [5.74, 6) is 0. The van der Waals surface area contributed by atoms with E-state index in [2.05, 4.69) is 0 Å². The van der Waals surface area contributed by atoms with E-state index in [9.17, 15) is 16.8 Å². The van der Waals surface area contributed by atoms with Gasteiger partial charge in [-0.2, -0.15) is 0 Å². The minimum Gasteiger partial charge on any atom is -0.206 e. The van der Waals surface area contributed by atoms with Gasteiger partial charge in [-0.3, -0.25) is 0 Å². The zero-order valence-corrected chi connectivity index (χ0v) is 20.6. The van der Waals surface area contributed by atoms with Gasteiger partial charge in [-0.1, -0.05) is 75.9 Å². The molecule has 0 amide bonds. The number of rotatable bonds is 14. The fourth-order valence-electron chi connectivity index (χ4n) is 2.91. The lowest BCUT2D eigenvalue weighted by Gasteiger charge is -2.28. The molecule has 172 valence electrons. The zero-order valence-electron chi connectivity index (χ0n) is 18.2. The lowest BCUT2D eigenvalue weighted by Crippen LogP contribution is -2.35. The maximum Gasteiger partial charge on any atom is 0.253 e. The molecule has 0 spiro atoms. The summed E-state index contributed by atoms with van der Waals surface area (Å²) in [7, 11) is -7.72. The number of hydrogen-bond donors (Lipinski definition) is 0. The van der Waals surface area contributed by atoms with Gasteiger partial charge >= 0.3 is 0 Å². The number of nitrogens with zero attached hydrogens (tertiary/aromatic N) is 2. The molecule has 0 saturated carbocycles. The molecule has 0 fully saturated rings. The summed E-state index contributed by atoms with van der Waals surface area (Å²) < 4.78 is 55.8. The van der Waals surface area contributed by atoms with Gasteiger partial charge in [-0.15, -0.1) is 7.42 Å². The third-order valence-electron chi connectivity index (χ3n) is 4.69. The minimum absolute atomic E-state index is 0.157. The van der Waals surface area contributed by atoms with Gasteiger partial charge in [0.2, 0.25) is 0 Å². The Kier molecular flexibility index (Phi) is 10.5. The van der Waals surface area contributed by atoms with Gasteiger partial charge in [0.05, 0.1) is 9.79 Å². The van der Waals surface area contributed by atoms with Crippen LogP contribution >= 0.6 is 12.1 Å². The molecular formula is C22H32N2O4S3. The van der Waals surface area contributed by atoms with Crippen LogP contribution in [0.4, 0.5) is 0 Å². The van der Waals surface area contributed by atoms with Crippen molar-refractivity contribution in [3.05, 3.63) is 60.7 Å². The molecule has 0 radical (unpaired) electrons. The molecule has 6 nitrogen and oxygen atoms in total. The van der Waals surface area contributed by atoms with E-state index in [0.29, 0.717) is 12.8 Å². The molecule has 0 aliphatic heterocycles. The molecule has 0 N–H and O–H groups in total. The molecule has 0 unspecified atom stereocenters. The molecule has 0 atom stereocenters. The van der Waals surface area contributed by atoms with Crippen molar-refractivity contribution in [2.24, 2.45) is 0 Å². The van der Waals surface area contributed by atoms with Gasteiger partial charge in [0.25, 0.3) is 20.0 Å². The monoisotopic (exact) mass is 484 g/mol. The van der Waals surface area contributed by atoms with Crippen LogP contribution in [0, 0.1) is 0 Å². The second-order valence-electron chi connectivity index (χ2n) is 7.18. The predicted octanol–water partition coefficient (Wildman–Crippen LogP) is 5.31. The van der Waals surface area contributed by atoms with E-state index >= 15 is 0 Å². The fourth-order valence-corrected chi connectivity index (χ4v) is 7.58. The third-order valence-corrected chi connectivity index (χ3v) is 10.2. The van der Waals surface area contributed by atoms with Gasteiger partial charge in [0.15, 0.2) is 0 Å². The summed E-state index contributed by atoms with van der Waals surface area (Å²) in [4.78, 5) is 0.314. The molecular weight excluding hydrogens is 452 g/mol. The second-order valence-corrected chi connectivity index (χ2v) is 12.4. The van der Waals surface area contributed by atoms with Gasteiger partial charge < -0.3 is 0 Å². The first kappa shape index (κ1) is 25.9. The Morgan fingerprint density at radius 2 is 0.968 bits per heavy atom. The van der Waals surface area contributed by atoms with E-state index < -0.39 is 20.0 Å². The van der Waals surface area contributed by atoms with Crippen molar-refractivity contribution >= 4 is 32.2 Å². The lowest BCUT2D eigenvalue weighted by molar-refractivity contribution is 0.501. The Morgan fingerprint density at radius 1 is 0.613 bits per heavy atom. The Labute approximate surface area is 192 Å². The van der Waals surface area contributed by atoms with Gasteiger partial charge in [-0.25, -0.2) is 16.8 Å². The van der Waals surface area contributed by atoms with E-state index in [1.165, 1.54) is 31.7 Å². The smallest absolute Gasteiger partial charge is 0.206 e. The quantitative estimate of drug-likeness (QED) is 0.268. The zero-order chi connectivity index (χ0) is 22.7. The number of sulfonamides is 2. The molecule has 0 bridgehead atoms. The van der Waals surface area contributed by atoms with Crippen molar-refractivity contribution < 1.29 is 16.8 Å². The minimum atomic E-state index is -3.86. The molecule has 0 aliphatic carbocycles. The fraction of sp³-hybridized carbons (Fsp3) is 0.455. The van der Waals surface area contributed by atoms with E-state index in [-0.39, 0.29) is 22.9 Å². The summed E-state index contributed by atoms with van der Waals surface area (Å²) in [5.41, 5.74) is 0. The SMILES string of the molecule is CCCCCN(SN(CCCCC)S(=O)(=O)c1ccccc1)S(=O)(=O)c1ccccc1. The van der Waals surface area contributed by atoms with Crippen LogP contribution in [0.3, 0.4) is 0 Å². The average Bonchev–Trinajstić information content (AvgIpc) is 2.78. The molecule has 0 heterocycles. The van der Waals surface area contributed by atoms with Gasteiger partial charge in [0, 0.05) is 25.2 Å². The highest BCUT2D eigenvalue weighted by atomic mass is 32.3. The summed E-state index contributed by atoms with van der Waals surface area (Å²) in [6.45, 7) is 4.56. The molecule has 2 rings (SSSR count). The molecule has 0 aliphatic rings. The first-order valence-electron chi connectivity index (χ1n) is 10.7. The van der Waals surface area contributed by atoms with Crippen molar-refractivity contribution in [1.82, 2.24) is 7.42 Å². The topological polar surface area (TPSA) is 74.8 Å². The Balaban J connectivity index is 2.39. The average molecular weight is 485 g/mol. The van der Waals surface area contributed by atoms with E-state index in [1.807, 2.05) is 13.8 Å². The highest BCUT2D eigenvalue weighted by molar-refractivity contribution is 8.13. The molecule has 2 aromatic carbocycles. The number of benzene rings is 2. The summed E-state index contributed by atoms with van der Waals surface area (Å²) >= 11 is 0.785. The molecule has 9 heteroatoms. The maximum atomic E-state index is 13.3. The number of hydrogen-bond acceptors (Lipinski definition) is 5. The van der Waals surface area contributed by atoms with Crippen molar-refractivity contribution in [2.75, 3.05) is 13.1 Å². The number of unbranched alkanes of at least 4 members (excludes halogenated alkanes) is 4. The van der Waals surface area contributed by atoms with Crippen LogP contribution in [0.15, 0.2) is 70.5 Å². The highest BCUT2D eigenvalue weighted by Gasteiger charge is 2.33. The van der Waals surface area contributed by atoms with Crippen molar-refractivity contribution in [1.29, 1.82) is 0 Å². The lowest BCUT2D eigenvalue weighted by atomic mass is 10.3. The second kappa shape index (κ2) is 12.6. The maximum absolute atomic E-state index is 13.3. The first-order valence-corrected chi connectivity index (χ1v) is 14.3. The van der Waals surface area contributed by atoms with Crippen LogP contribution in [-0.2, 0) is 20.0 Å². The summed E-state index contributed by atoms with van der Waals surface area (Å²) in [5, 5.41) is 0. The van der Waals surface area contributed by atoms with E-state index in [1.54, 1.807) is 36.4 Å². The van der Waals surface area contributed by atoms with Crippen LogP contribution in [-0.4, -0.2) is 37.3 Å². The molecule has 0 saturated heterocycles. The Hall–Kier alpha value is -1.39. The van der Waals surface area contributed by atoms with Gasteiger partial charge in [-0.05, 0) is 37.1 Å².